The molecule has 38 heavy (non-hydrogen) atoms. The monoisotopic (exact) mass is 532 g/mol. The molecular formula is C26H37FN6O5. The van der Waals surface area contributed by atoms with Gasteiger partial charge in [-0.1, -0.05) is 6.58 Å². The Hall–Kier alpha value is -3.90. The Morgan fingerprint density at radius 3 is 2.71 bits per heavy atom. The highest BCUT2D eigenvalue weighted by molar-refractivity contribution is 6.09. The third-order valence-electron chi connectivity index (χ3n) is 5.11. The maximum Gasteiger partial charge on any atom is 0.263 e. The summed E-state index contributed by atoms with van der Waals surface area (Å²) in [5, 5.41) is 5.58. The number of rotatable bonds is 13. The van der Waals surface area contributed by atoms with Crippen LogP contribution in [0.4, 0.5) is 10.1 Å². The van der Waals surface area contributed by atoms with Crippen molar-refractivity contribution in [3.8, 4) is 0 Å². The largest absolute Gasteiger partial charge is 0.481 e. The van der Waals surface area contributed by atoms with Crippen molar-refractivity contribution in [2.45, 2.75) is 19.8 Å². The molecule has 12 heteroatoms. The number of amides is 2. The molecule has 0 bridgehead atoms. The molecule has 2 rings (SSSR count). The van der Waals surface area contributed by atoms with Crippen LogP contribution in [0.15, 0.2) is 41.5 Å². The summed E-state index contributed by atoms with van der Waals surface area (Å²) in [5.74, 6) is 0.235. The van der Waals surface area contributed by atoms with E-state index in [2.05, 4.69) is 27.2 Å². The number of allylic oxidation sites excluding steroid dienone is 2. The van der Waals surface area contributed by atoms with Gasteiger partial charge in [0.1, 0.15) is 17.9 Å². The van der Waals surface area contributed by atoms with E-state index < -0.39 is 0 Å². The number of pyridine rings is 1. The highest BCUT2D eigenvalue weighted by Gasteiger charge is 2.20. The molecule has 208 valence electrons. The van der Waals surface area contributed by atoms with Crippen molar-refractivity contribution in [2.75, 3.05) is 59.5 Å². The topological polar surface area (TPSA) is 125 Å². The van der Waals surface area contributed by atoms with E-state index in [9.17, 15) is 18.8 Å². The number of anilines is 1. The lowest BCUT2D eigenvalue weighted by Gasteiger charge is -2.21. The van der Waals surface area contributed by atoms with E-state index in [0.717, 1.165) is 18.7 Å². The number of nitrogens with zero attached hydrogens (tertiary/aromatic N) is 4. The fourth-order valence-electron chi connectivity index (χ4n) is 3.33. The fraction of sp³-hybridized carbons (Fsp3) is 0.423. The molecule has 0 aromatic carbocycles. The molecule has 2 amide bonds. The van der Waals surface area contributed by atoms with Crippen molar-refractivity contribution in [1.29, 1.82) is 0 Å². The zero-order chi connectivity index (χ0) is 28.5. The number of amidine groups is 1. The average molecular weight is 533 g/mol. The Morgan fingerprint density at radius 1 is 1.39 bits per heavy atom. The summed E-state index contributed by atoms with van der Waals surface area (Å²) in [4.78, 5) is 44.1. The van der Waals surface area contributed by atoms with Gasteiger partial charge in [0.05, 0.1) is 30.7 Å². The van der Waals surface area contributed by atoms with Crippen LogP contribution < -0.4 is 15.5 Å². The maximum absolute atomic E-state index is 13.9. The third kappa shape index (κ3) is 10.2. The molecule has 2 N–H and O–H groups in total. The van der Waals surface area contributed by atoms with E-state index in [4.69, 9.17) is 9.47 Å². The van der Waals surface area contributed by atoms with E-state index in [1.54, 1.807) is 26.2 Å². The number of methoxy groups -OCH3 is 1. The number of aliphatic imine (C=N–C) groups is 1. The van der Waals surface area contributed by atoms with Gasteiger partial charge in [-0.25, -0.2) is 9.38 Å². The van der Waals surface area contributed by atoms with Gasteiger partial charge in [0.25, 0.3) is 5.91 Å². The summed E-state index contributed by atoms with van der Waals surface area (Å²) in [6, 6.07) is 0. The van der Waals surface area contributed by atoms with Gasteiger partial charge in [0.15, 0.2) is 18.2 Å². The van der Waals surface area contributed by atoms with Crippen molar-refractivity contribution in [1.82, 2.24) is 20.5 Å². The van der Waals surface area contributed by atoms with Crippen LogP contribution in [-0.4, -0.2) is 88.9 Å². The van der Waals surface area contributed by atoms with E-state index >= 15 is 0 Å². The molecule has 11 nitrogen and oxygen atoms in total. The van der Waals surface area contributed by atoms with Crippen LogP contribution in [-0.2, 0) is 30.3 Å². The highest BCUT2D eigenvalue weighted by Crippen LogP contribution is 2.27. The van der Waals surface area contributed by atoms with Gasteiger partial charge in [-0.3, -0.25) is 24.3 Å². The minimum absolute atomic E-state index is 0.0793. The first kappa shape index (κ1) is 32.1. The van der Waals surface area contributed by atoms with Gasteiger partial charge in [0, 0.05) is 26.8 Å². The number of aldehydes is 1. The summed E-state index contributed by atoms with van der Waals surface area (Å²) < 4.78 is 23.9. The predicted octanol–water partition coefficient (Wildman–Crippen LogP) is 1.66. The van der Waals surface area contributed by atoms with E-state index in [0.29, 0.717) is 49.3 Å². The van der Waals surface area contributed by atoms with Gasteiger partial charge in [0.2, 0.25) is 6.41 Å². The van der Waals surface area contributed by atoms with Crippen molar-refractivity contribution >= 4 is 36.2 Å². The van der Waals surface area contributed by atoms with E-state index in [-0.39, 0.29) is 29.9 Å². The average Bonchev–Trinajstić information content (AvgIpc) is 2.90. The quantitative estimate of drug-likeness (QED) is 0.223. The first-order valence-electron chi connectivity index (χ1n) is 11.9. The van der Waals surface area contributed by atoms with Crippen molar-refractivity contribution in [3.63, 3.8) is 0 Å². The molecule has 0 aliphatic carbocycles. The highest BCUT2D eigenvalue weighted by atomic mass is 19.1. The Bertz CT molecular complexity index is 1050. The first-order chi connectivity index (χ1) is 18.2. The molecule has 0 atom stereocenters. The number of carbonyl (C=O) groups is 3. The molecule has 1 fully saturated rings. The smallest absolute Gasteiger partial charge is 0.263 e. The van der Waals surface area contributed by atoms with Gasteiger partial charge >= 0.3 is 0 Å². The van der Waals surface area contributed by atoms with Gasteiger partial charge in [-0.05, 0) is 51.6 Å². The number of halogens is 1. The number of nitrogens with one attached hydrogen (secondary N) is 2. The van der Waals surface area contributed by atoms with Crippen LogP contribution in [0, 0.1) is 5.82 Å². The second-order valence-electron chi connectivity index (χ2n) is 8.07. The number of carbonyl (C=O) groups excluding carboxylic acids is 3. The number of hydrogen-bond acceptors (Lipinski definition) is 9. The second-order valence-corrected chi connectivity index (χ2v) is 8.07. The number of morpholine rings is 1. The molecule has 0 radical (unpaired) electrons. The number of hydrogen-bond donors (Lipinski definition) is 2. The maximum atomic E-state index is 13.9. The summed E-state index contributed by atoms with van der Waals surface area (Å²) in [5.41, 5.74) is 1.98. The van der Waals surface area contributed by atoms with Crippen LogP contribution in [0.3, 0.4) is 0 Å². The van der Waals surface area contributed by atoms with Gasteiger partial charge < -0.3 is 25.0 Å². The minimum atomic E-state index is -0.309. The molecule has 0 unspecified atom stereocenters. The molecular weight excluding hydrogens is 495 g/mol. The van der Waals surface area contributed by atoms with Gasteiger partial charge in [-0.2, -0.15) is 0 Å². The van der Waals surface area contributed by atoms with Gasteiger partial charge in [-0.15, -0.1) is 0 Å². The van der Waals surface area contributed by atoms with Crippen molar-refractivity contribution in [2.24, 2.45) is 4.99 Å². The third-order valence-corrected chi connectivity index (χ3v) is 5.11. The van der Waals surface area contributed by atoms with Crippen molar-refractivity contribution < 1.29 is 28.2 Å². The zero-order valence-electron chi connectivity index (χ0n) is 22.6. The van der Waals surface area contributed by atoms with Crippen LogP contribution in [0.5, 0.6) is 0 Å². The van der Waals surface area contributed by atoms with Crippen LogP contribution >= 0.6 is 0 Å². The molecule has 0 saturated carbocycles. The Balaban J connectivity index is 0.000000380. The summed E-state index contributed by atoms with van der Waals surface area (Å²) >= 11 is 0. The number of ether oxygens (including phenoxy) is 2. The predicted molar refractivity (Wildman–Crippen MR) is 145 cm³/mol. The van der Waals surface area contributed by atoms with Crippen LogP contribution in [0.1, 0.15) is 24.6 Å². The van der Waals surface area contributed by atoms with E-state index in [1.807, 2.05) is 26.0 Å². The normalized spacial score (nSPS) is 14.5. The Morgan fingerprint density at radius 2 is 2.13 bits per heavy atom. The molecule has 1 aromatic rings. The van der Waals surface area contributed by atoms with Crippen LogP contribution in [0.25, 0.3) is 6.08 Å². The molecule has 1 aromatic heterocycles. The summed E-state index contributed by atoms with van der Waals surface area (Å²) in [6.45, 7) is 6.86. The lowest BCUT2D eigenvalue weighted by molar-refractivity contribution is -0.123. The van der Waals surface area contributed by atoms with Crippen molar-refractivity contribution in [3.05, 3.63) is 53.6 Å². The molecule has 2 heterocycles. The first-order valence-corrected chi connectivity index (χ1v) is 11.9. The number of aromatic nitrogens is 1. The Labute approximate surface area is 223 Å². The van der Waals surface area contributed by atoms with Crippen LogP contribution in [0.2, 0.25) is 0 Å². The van der Waals surface area contributed by atoms with E-state index in [1.165, 1.54) is 17.2 Å². The minimum Gasteiger partial charge on any atom is -0.481 e. The summed E-state index contributed by atoms with van der Waals surface area (Å²) in [6.07, 6.45) is 8.63. The lowest BCUT2D eigenvalue weighted by Crippen LogP contribution is -2.41. The fourth-order valence-corrected chi connectivity index (χ4v) is 3.33. The SMILES string of the molecule is C=C1OCC(=O)N/C1=N/C(=C\C)N(C=O)CCOC.CNCCCc1c(F)cnc(/C=C\C=O)c1N(C)C. The lowest BCUT2D eigenvalue weighted by atomic mass is 10.1. The second kappa shape index (κ2) is 17.5. The molecule has 0 spiro atoms. The molecule has 1 aliphatic heterocycles. The zero-order valence-corrected chi connectivity index (χ0v) is 22.6. The summed E-state index contributed by atoms with van der Waals surface area (Å²) in [7, 11) is 7.10. The Kier molecular flexibility index (Phi) is 14.8. The molecule has 1 saturated heterocycles. The standard InChI is InChI=1S/C14H20FN3O.C12H17N3O4/c1-16-8-4-6-11-12(15)10-17-13(7-5-9-19)14(11)18(2)3;1-4-10(15(8-16)5-6-18-3)13-12-9(2)19-7-11(17)14-12/h5,7,9-10,16H,4,6,8H2,1-3H3;4,8H,2,5-7H2,1,3H3,(H,13,14,17)/b7-5-;10-4+. The molecule has 1 aliphatic rings.